The van der Waals surface area contributed by atoms with Crippen LogP contribution in [0.25, 0.3) is 10.9 Å². The molecule has 0 saturated heterocycles. The van der Waals surface area contributed by atoms with E-state index in [2.05, 4.69) is 9.97 Å². The topological polar surface area (TPSA) is 79.2 Å². The zero-order valence-corrected chi connectivity index (χ0v) is 14.9. The van der Waals surface area contributed by atoms with Gasteiger partial charge >= 0.3 is 0 Å². The van der Waals surface area contributed by atoms with Crippen LogP contribution in [0.2, 0.25) is 10.2 Å². The lowest BCUT2D eigenvalue weighted by Crippen LogP contribution is -2.32. The molecular formula is C17H15Cl2N3O3. The van der Waals surface area contributed by atoms with Crippen LogP contribution in [0.15, 0.2) is 39.5 Å². The number of aromatic amines is 1. The first kappa shape index (κ1) is 17.5. The van der Waals surface area contributed by atoms with Crippen molar-refractivity contribution in [2.24, 2.45) is 0 Å². The largest absolute Gasteiger partial charge is 0.440 e. The maximum atomic E-state index is 12.6. The van der Waals surface area contributed by atoms with Crippen molar-refractivity contribution in [3.63, 3.8) is 0 Å². The number of amides is 1. The molecule has 0 spiro atoms. The van der Waals surface area contributed by atoms with E-state index in [1.165, 1.54) is 12.1 Å². The lowest BCUT2D eigenvalue weighted by Gasteiger charge is -2.20. The van der Waals surface area contributed by atoms with Gasteiger partial charge in [0.25, 0.3) is 11.5 Å². The summed E-state index contributed by atoms with van der Waals surface area (Å²) in [4.78, 5) is 33.5. The number of halogens is 2. The average molecular weight is 380 g/mol. The molecule has 1 aromatic carbocycles. The minimum absolute atomic E-state index is 0.142. The van der Waals surface area contributed by atoms with Crippen LogP contribution in [0.5, 0.6) is 0 Å². The Morgan fingerprint density at radius 2 is 2.08 bits per heavy atom. The average Bonchev–Trinajstić information content (AvgIpc) is 3.00. The van der Waals surface area contributed by atoms with Gasteiger partial charge in [-0.25, -0.2) is 4.98 Å². The summed E-state index contributed by atoms with van der Waals surface area (Å²) in [5, 5.41) is 1.08. The molecule has 8 heteroatoms. The van der Waals surface area contributed by atoms with E-state index in [1.54, 1.807) is 23.1 Å². The molecule has 2 heterocycles. The first-order valence-corrected chi connectivity index (χ1v) is 8.46. The van der Waals surface area contributed by atoms with Crippen molar-refractivity contribution in [3.8, 4) is 0 Å². The summed E-state index contributed by atoms with van der Waals surface area (Å²) in [5.41, 5.74) is 0.206. The van der Waals surface area contributed by atoms with Crippen LogP contribution >= 0.6 is 23.2 Å². The lowest BCUT2D eigenvalue weighted by molar-refractivity contribution is 0.0706. The molecule has 0 fully saturated rings. The minimum atomic E-state index is -0.317. The van der Waals surface area contributed by atoms with Crippen molar-refractivity contribution in [2.75, 3.05) is 6.54 Å². The summed E-state index contributed by atoms with van der Waals surface area (Å²) >= 11 is 11.7. The minimum Gasteiger partial charge on any atom is -0.440 e. The van der Waals surface area contributed by atoms with E-state index in [-0.39, 0.29) is 29.0 Å². The van der Waals surface area contributed by atoms with Gasteiger partial charge in [-0.1, -0.05) is 18.5 Å². The van der Waals surface area contributed by atoms with Gasteiger partial charge in [-0.05, 0) is 48.4 Å². The molecule has 3 rings (SSSR count). The van der Waals surface area contributed by atoms with Crippen molar-refractivity contribution in [1.82, 2.24) is 14.9 Å². The number of nitrogens with one attached hydrogen (secondary N) is 1. The third-order valence-corrected chi connectivity index (χ3v) is 4.06. The highest BCUT2D eigenvalue weighted by molar-refractivity contribution is 6.31. The summed E-state index contributed by atoms with van der Waals surface area (Å²) in [7, 11) is 0. The molecule has 0 aliphatic carbocycles. The van der Waals surface area contributed by atoms with E-state index in [1.807, 2.05) is 6.92 Å². The highest BCUT2D eigenvalue weighted by Gasteiger charge is 2.20. The Kier molecular flexibility index (Phi) is 5.11. The van der Waals surface area contributed by atoms with Crippen LogP contribution < -0.4 is 5.56 Å². The second-order valence-electron chi connectivity index (χ2n) is 5.50. The van der Waals surface area contributed by atoms with E-state index in [9.17, 15) is 9.59 Å². The van der Waals surface area contributed by atoms with E-state index in [0.717, 1.165) is 6.42 Å². The van der Waals surface area contributed by atoms with Gasteiger partial charge in [-0.15, -0.1) is 0 Å². The summed E-state index contributed by atoms with van der Waals surface area (Å²) in [6.45, 7) is 2.57. The van der Waals surface area contributed by atoms with E-state index in [4.69, 9.17) is 27.6 Å². The highest BCUT2D eigenvalue weighted by Crippen LogP contribution is 2.17. The zero-order valence-electron chi connectivity index (χ0n) is 13.4. The molecular weight excluding hydrogens is 365 g/mol. The zero-order chi connectivity index (χ0) is 18.0. The smallest absolute Gasteiger partial charge is 0.290 e. The molecule has 2 aromatic heterocycles. The first-order chi connectivity index (χ1) is 12.0. The molecule has 1 amide bonds. The normalized spacial score (nSPS) is 11.0. The molecule has 0 aliphatic rings. The van der Waals surface area contributed by atoms with Gasteiger partial charge < -0.3 is 14.3 Å². The van der Waals surface area contributed by atoms with Crippen LogP contribution in [0.4, 0.5) is 0 Å². The van der Waals surface area contributed by atoms with E-state index in [0.29, 0.717) is 28.3 Å². The molecule has 3 aromatic rings. The molecule has 0 bridgehead atoms. The molecule has 0 radical (unpaired) electrons. The number of hydrogen-bond acceptors (Lipinski definition) is 4. The summed E-state index contributed by atoms with van der Waals surface area (Å²) < 4.78 is 5.18. The van der Waals surface area contributed by atoms with Crippen LogP contribution in [-0.2, 0) is 6.54 Å². The fourth-order valence-corrected chi connectivity index (χ4v) is 2.84. The van der Waals surface area contributed by atoms with Crippen LogP contribution in [0.3, 0.4) is 0 Å². The molecule has 25 heavy (non-hydrogen) atoms. The fourth-order valence-electron chi connectivity index (χ4n) is 2.52. The molecule has 1 N–H and O–H groups in total. The second-order valence-corrected chi connectivity index (χ2v) is 6.31. The molecule has 0 saturated carbocycles. The second kappa shape index (κ2) is 7.29. The molecule has 0 aliphatic heterocycles. The van der Waals surface area contributed by atoms with Gasteiger partial charge in [-0.3, -0.25) is 9.59 Å². The monoisotopic (exact) mass is 379 g/mol. The van der Waals surface area contributed by atoms with Gasteiger partial charge in [0, 0.05) is 11.6 Å². The number of carbonyl (C=O) groups excluding carboxylic acids is 1. The maximum absolute atomic E-state index is 12.6. The Bertz CT molecular complexity index is 981. The number of furan rings is 1. The van der Waals surface area contributed by atoms with Gasteiger partial charge in [0.15, 0.2) is 11.0 Å². The van der Waals surface area contributed by atoms with Gasteiger partial charge in [0.1, 0.15) is 5.82 Å². The molecule has 6 nitrogen and oxygen atoms in total. The third-order valence-electron chi connectivity index (χ3n) is 3.62. The van der Waals surface area contributed by atoms with Crippen molar-refractivity contribution >= 4 is 40.0 Å². The van der Waals surface area contributed by atoms with Crippen molar-refractivity contribution in [1.29, 1.82) is 0 Å². The first-order valence-electron chi connectivity index (χ1n) is 7.71. The predicted octanol–water partition coefficient (Wildman–Crippen LogP) is 3.88. The molecule has 0 unspecified atom stereocenters. The fraction of sp³-hybridized carbons (Fsp3) is 0.235. The molecule has 0 atom stereocenters. The van der Waals surface area contributed by atoms with Crippen LogP contribution in [0.1, 0.15) is 29.7 Å². The van der Waals surface area contributed by atoms with Gasteiger partial charge in [0.05, 0.1) is 17.4 Å². The number of fused-ring (bicyclic) bond motifs is 1. The molecule has 130 valence electrons. The number of aromatic nitrogens is 2. The Morgan fingerprint density at radius 1 is 1.28 bits per heavy atom. The van der Waals surface area contributed by atoms with Crippen molar-refractivity contribution < 1.29 is 9.21 Å². The van der Waals surface area contributed by atoms with Crippen molar-refractivity contribution in [3.05, 3.63) is 62.5 Å². The number of nitrogens with zero attached hydrogens (tertiary/aromatic N) is 2. The number of H-pyrrole nitrogens is 1. The predicted molar refractivity (Wildman–Crippen MR) is 96.1 cm³/mol. The lowest BCUT2D eigenvalue weighted by atomic mass is 10.2. The van der Waals surface area contributed by atoms with Crippen LogP contribution in [0, 0.1) is 0 Å². The highest BCUT2D eigenvalue weighted by atomic mass is 35.5. The van der Waals surface area contributed by atoms with E-state index >= 15 is 0 Å². The maximum Gasteiger partial charge on any atom is 0.290 e. The Labute approximate surface area is 153 Å². The SMILES string of the molecule is CCCN(Cc1nc2cc(Cl)ccc2c(=O)[nH]1)C(=O)c1ccc(Cl)o1. The quantitative estimate of drug-likeness (QED) is 0.729. The number of hydrogen-bond donors (Lipinski definition) is 1. The van der Waals surface area contributed by atoms with E-state index < -0.39 is 0 Å². The Hall–Kier alpha value is -2.31. The Balaban J connectivity index is 1.93. The Morgan fingerprint density at radius 3 is 2.76 bits per heavy atom. The number of benzene rings is 1. The summed E-state index contributed by atoms with van der Waals surface area (Å²) in [6.07, 6.45) is 0.740. The number of carbonyl (C=O) groups is 1. The standard InChI is InChI=1S/C17H15Cl2N3O3/c1-2-7-22(17(24)13-5-6-14(19)25-13)9-15-20-12-8-10(18)3-4-11(12)16(23)21-15/h3-6,8H,2,7,9H2,1H3,(H,20,21,23). The van der Waals surface area contributed by atoms with Crippen LogP contribution in [-0.4, -0.2) is 27.3 Å². The van der Waals surface area contributed by atoms with Crippen molar-refractivity contribution in [2.45, 2.75) is 19.9 Å². The summed E-state index contributed by atoms with van der Waals surface area (Å²) in [5.74, 6) is 0.200. The van der Waals surface area contributed by atoms with Gasteiger partial charge in [-0.2, -0.15) is 0 Å². The third kappa shape index (κ3) is 3.86. The summed E-state index contributed by atoms with van der Waals surface area (Å²) in [6, 6.07) is 7.90. The number of rotatable bonds is 5. The van der Waals surface area contributed by atoms with Gasteiger partial charge in [0.2, 0.25) is 0 Å².